The highest BCUT2D eigenvalue weighted by Gasteiger charge is 2.32. The summed E-state index contributed by atoms with van der Waals surface area (Å²) < 4.78 is 5.52. The van der Waals surface area contributed by atoms with Gasteiger partial charge in [0.15, 0.2) is 6.61 Å². The molecule has 0 heterocycles. The van der Waals surface area contributed by atoms with E-state index in [1.807, 2.05) is 6.92 Å². The van der Waals surface area contributed by atoms with Crippen molar-refractivity contribution in [1.82, 2.24) is 4.90 Å². The normalized spacial score (nSPS) is 13.8. The second kappa shape index (κ2) is 6.80. The minimum atomic E-state index is -0.900. The van der Waals surface area contributed by atoms with Gasteiger partial charge in [-0.1, -0.05) is 11.6 Å². The lowest BCUT2D eigenvalue weighted by atomic mass is 10.2. The van der Waals surface area contributed by atoms with Gasteiger partial charge in [-0.3, -0.25) is 9.59 Å². The minimum Gasteiger partial charge on any atom is -0.483 e. The molecule has 0 spiro atoms. The van der Waals surface area contributed by atoms with Crippen LogP contribution >= 0.6 is 11.6 Å². The smallest absolute Gasteiger partial charge is 0.305 e. The number of aliphatic carboxylic acids is 1. The molecule has 2 rings (SSSR count). The molecule has 5 nitrogen and oxygen atoms in total. The van der Waals surface area contributed by atoms with E-state index in [1.165, 1.54) is 0 Å². The van der Waals surface area contributed by atoms with Crippen molar-refractivity contribution in [2.45, 2.75) is 32.2 Å². The number of aryl methyl sites for hydroxylation is 1. The lowest BCUT2D eigenvalue weighted by Gasteiger charge is -2.22. The zero-order valence-corrected chi connectivity index (χ0v) is 12.6. The molecule has 0 aliphatic heterocycles. The highest BCUT2D eigenvalue weighted by molar-refractivity contribution is 6.30. The van der Waals surface area contributed by atoms with Gasteiger partial charge in [-0.15, -0.1) is 0 Å². The third-order valence-corrected chi connectivity index (χ3v) is 3.60. The molecular weight excluding hydrogens is 294 g/mol. The molecule has 0 radical (unpaired) electrons. The van der Waals surface area contributed by atoms with Crippen LogP contribution in [-0.4, -0.2) is 41.1 Å². The molecule has 114 valence electrons. The van der Waals surface area contributed by atoms with Crippen LogP contribution in [0.25, 0.3) is 0 Å². The van der Waals surface area contributed by atoms with E-state index < -0.39 is 5.97 Å². The Morgan fingerprint density at radius 1 is 1.43 bits per heavy atom. The largest absolute Gasteiger partial charge is 0.483 e. The number of nitrogens with zero attached hydrogens (tertiary/aromatic N) is 1. The summed E-state index contributed by atoms with van der Waals surface area (Å²) in [5.41, 5.74) is 0.860. The van der Waals surface area contributed by atoms with Crippen molar-refractivity contribution in [3.05, 3.63) is 28.8 Å². The first-order valence-electron chi connectivity index (χ1n) is 6.87. The molecule has 0 saturated heterocycles. The summed E-state index contributed by atoms with van der Waals surface area (Å²) in [6, 6.07) is 5.37. The molecule has 1 saturated carbocycles. The number of hydrogen-bond acceptors (Lipinski definition) is 3. The molecule has 21 heavy (non-hydrogen) atoms. The van der Waals surface area contributed by atoms with Crippen LogP contribution in [0.2, 0.25) is 5.02 Å². The number of carbonyl (C=O) groups is 2. The zero-order valence-electron chi connectivity index (χ0n) is 11.8. The fourth-order valence-corrected chi connectivity index (χ4v) is 2.34. The highest BCUT2D eigenvalue weighted by atomic mass is 35.5. The van der Waals surface area contributed by atoms with Crippen LogP contribution in [0.4, 0.5) is 0 Å². The Labute approximate surface area is 128 Å². The van der Waals surface area contributed by atoms with Crippen molar-refractivity contribution in [3.8, 4) is 5.75 Å². The van der Waals surface area contributed by atoms with Gasteiger partial charge >= 0.3 is 5.97 Å². The third kappa shape index (κ3) is 4.63. The molecule has 0 atom stereocenters. The summed E-state index contributed by atoms with van der Waals surface area (Å²) in [7, 11) is 0. The molecule has 0 unspecified atom stereocenters. The lowest BCUT2D eigenvalue weighted by molar-refractivity contribution is -0.139. The summed E-state index contributed by atoms with van der Waals surface area (Å²) in [4.78, 5) is 24.4. The number of amides is 1. The predicted octanol–water partition coefficient (Wildman–Crippen LogP) is 2.49. The number of hydrogen-bond donors (Lipinski definition) is 1. The number of carboxylic acids is 1. The van der Waals surface area contributed by atoms with Crippen molar-refractivity contribution < 1.29 is 19.4 Å². The van der Waals surface area contributed by atoms with Crippen molar-refractivity contribution in [2.75, 3.05) is 13.2 Å². The van der Waals surface area contributed by atoms with Gasteiger partial charge in [0, 0.05) is 17.6 Å². The summed E-state index contributed by atoms with van der Waals surface area (Å²) in [6.45, 7) is 2.01. The Kier molecular flexibility index (Phi) is 5.07. The van der Waals surface area contributed by atoms with Gasteiger partial charge in [0.2, 0.25) is 0 Å². The van der Waals surface area contributed by atoms with Crippen molar-refractivity contribution in [1.29, 1.82) is 0 Å². The van der Waals surface area contributed by atoms with Crippen LogP contribution in [0, 0.1) is 6.92 Å². The molecule has 0 aromatic heterocycles. The molecule has 1 amide bonds. The van der Waals surface area contributed by atoms with Gasteiger partial charge in [0.1, 0.15) is 5.75 Å². The number of benzene rings is 1. The number of ether oxygens (including phenoxy) is 1. The van der Waals surface area contributed by atoms with E-state index in [-0.39, 0.29) is 31.5 Å². The first-order chi connectivity index (χ1) is 9.97. The molecule has 1 fully saturated rings. The van der Waals surface area contributed by atoms with Crippen LogP contribution < -0.4 is 4.74 Å². The standard InChI is InChI=1S/C15H18ClNO4/c1-10-8-11(16)2-5-13(10)21-9-14(18)17(12-3-4-12)7-6-15(19)20/h2,5,8,12H,3-4,6-7,9H2,1H3,(H,19,20). The van der Waals surface area contributed by atoms with E-state index >= 15 is 0 Å². The van der Waals surface area contributed by atoms with Gasteiger partial charge in [-0.2, -0.15) is 0 Å². The fraction of sp³-hybridized carbons (Fsp3) is 0.467. The maximum absolute atomic E-state index is 12.2. The lowest BCUT2D eigenvalue weighted by Crippen LogP contribution is -2.38. The summed E-state index contributed by atoms with van der Waals surface area (Å²) >= 11 is 5.86. The molecule has 1 aromatic rings. The third-order valence-electron chi connectivity index (χ3n) is 3.36. The number of carbonyl (C=O) groups excluding carboxylic acids is 1. The Morgan fingerprint density at radius 2 is 2.14 bits per heavy atom. The van der Waals surface area contributed by atoms with E-state index in [0.29, 0.717) is 10.8 Å². The Balaban J connectivity index is 1.91. The van der Waals surface area contributed by atoms with E-state index in [1.54, 1.807) is 23.1 Å². The molecule has 1 aromatic carbocycles. The second-order valence-electron chi connectivity index (χ2n) is 5.16. The van der Waals surface area contributed by atoms with E-state index in [4.69, 9.17) is 21.4 Å². The fourth-order valence-electron chi connectivity index (χ4n) is 2.11. The summed E-state index contributed by atoms with van der Waals surface area (Å²) in [5, 5.41) is 9.35. The number of halogens is 1. The SMILES string of the molecule is Cc1cc(Cl)ccc1OCC(=O)N(CCC(=O)O)C1CC1. The van der Waals surface area contributed by atoms with Gasteiger partial charge in [-0.25, -0.2) is 0 Å². The molecule has 1 N–H and O–H groups in total. The van der Waals surface area contributed by atoms with E-state index in [9.17, 15) is 9.59 Å². The molecular formula is C15H18ClNO4. The highest BCUT2D eigenvalue weighted by Crippen LogP contribution is 2.27. The van der Waals surface area contributed by atoms with Crippen LogP contribution in [0.3, 0.4) is 0 Å². The molecule has 1 aliphatic rings. The summed E-state index contributed by atoms with van der Waals surface area (Å²) in [5.74, 6) is -0.460. The van der Waals surface area contributed by atoms with Gasteiger partial charge < -0.3 is 14.7 Å². The van der Waals surface area contributed by atoms with Gasteiger partial charge in [0.25, 0.3) is 5.91 Å². The minimum absolute atomic E-state index is 0.0395. The monoisotopic (exact) mass is 311 g/mol. The van der Waals surface area contributed by atoms with E-state index in [0.717, 1.165) is 18.4 Å². The summed E-state index contributed by atoms with van der Waals surface area (Å²) in [6.07, 6.45) is 1.83. The van der Waals surface area contributed by atoms with Crippen molar-refractivity contribution >= 4 is 23.5 Å². The van der Waals surface area contributed by atoms with Crippen molar-refractivity contribution in [2.24, 2.45) is 0 Å². The van der Waals surface area contributed by atoms with Crippen LogP contribution in [0.5, 0.6) is 5.75 Å². The number of rotatable bonds is 7. The molecule has 1 aliphatic carbocycles. The maximum Gasteiger partial charge on any atom is 0.305 e. The van der Waals surface area contributed by atoms with Gasteiger partial charge in [-0.05, 0) is 43.5 Å². The molecule has 6 heteroatoms. The average Bonchev–Trinajstić information content (AvgIpc) is 3.22. The van der Waals surface area contributed by atoms with Crippen LogP contribution in [-0.2, 0) is 9.59 Å². The zero-order chi connectivity index (χ0) is 15.4. The van der Waals surface area contributed by atoms with E-state index in [2.05, 4.69) is 0 Å². The van der Waals surface area contributed by atoms with Gasteiger partial charge in [0.05, 0.1) is 6.42 Å². The first-order valence-corrected chi connectivity index (χ1v) is 7.25. The molecule has 0 bridgehead atoms. The Morgan fingerprint density at radius 3 is 2.71 bits per heavy atom. The quantitative estimate of drug-likeness (QED) is 0.840. The predicted molar refractivity (Wildman–Crippen MR) is 78.7 cm³/mol. The first kappa shape index (κ1) is 15.6. The second-order valence-corrected chi connectivity index (χ2v) is 5.60. The Bertz CT molecular complexity index is 542. The van der Waals surface area contributed by atoms with Crippen molar-refractivity contribution in [3.63, 3.8) is 0 Å². The topological polar surface area (TPSA) is 66.8 Å². The van der Waals surface area contributed by atoms with Crippen LogP contribution in [0.1, 0.15) is 24.8 Å². The number of carboxylic acid groups (broad SMARTS) is 1. The maximum atomic E-state index is 12.2. The Hall–Kier alpha value is -1.75. The van der Waals surface area contributed by atoms with Crippen LogP contribution in [0.15, 0.2) is 18.2 Å². The average molecular weight is 312 g/mol.